The molecule has 0 spiro atoms. The molecule has 0 saturated heterocycles. The van der Waals surface area contributed by atoms with Crippen molar-refractivity contribution in [1.29, 1.82) is 0 Å². The van der Waals surface area contributed by atoms with Crippen LogP contribution in [0, 0.1) is 0 Å². The number of benzene rings is 1. The molecule has 0 aliphatic rings. The summed E-state index contributed by atoms with van der Waals surface area (Å²) in [6.45, 7) is 2.27. The Kier molecular flexibility index (Phi) is 14.0. The molecule has 0 amide bonds. The zero-order valence-corrected chi connectivity index (χ0v) is 15.5. The van der Waals surface area contributed by atoms with Crippen LogP contribution in [0.4, 0.5) is 0 Å². The van der Waals surface area contributed by atoms with Gasteiger partial charge in [0, 0.05) is 0 Å². The molecule has 0 fully saturated rings. The van der Waals surface area contributed by atoms with Gasteiger partial charge in [-0.2, -0.15) is 0 Å². The topological polar surface area (TPSA) is 20.2 Å². The van der Waals surface area contributed by atoms with Crippen molar-refractivity contribution in [3.8, 4) is 5.75 Å². The fraction of sp³-hybridized carbons (Fsp3) is 0.667. The van der Waals surface area contributed by atoms with Crippen LogP contribution in [0.3, 0.4) is 0 Å². The molecule has 0 aliphatic carbocycles. The molecule has 0 heterocycles. The van der Waals surface area contributed by atoms with Gasteiger partial charge in [0.1, 0.15) is 5.75 Å². The van der Waals surface area contributed by atoms with Crippen LogP contribution in [0.5, 0.6) is 5.75 Å². The second-order valence-corrected chi connectivity index (χ2v) is 5.56. The summed E-state index contributed by atoms with van der Waals surface area (Å²) in [5.41, 5.74) is 1.10. The van der Waals surface area contributed by atoms with E-state index in [9.17, 15) is 5.11 Å². The molecule has 0 saturated carbocycles. The monoisotopic (exact) mass is 286 g/mol. The zero-order chi connectivity index (χ0) is 13.8. The first-order valence-electron chi connectivity index (χ1n) is 8.11. The van der Waals surface area contributed by atoms with E-state index in [1.54, 1.807) is 6.07 Å². The van der Waals surface area contributed by atoms with Crippen molar-refractivity contribution in [2.75, 3.05) is 0 Å². The largest absolute Gasteiger partial charge is 1.00 e. The molecule has 1 rings (SSSR count). The van der Waals surface area contributed by atoms with Crippen LogP contribution in [0.15, 0.2) is 24.3 Å². The number of aryl methyl sites for hydroxylation is 1. The molecule has 0 radical (unpaired) electrons. The molecule has 110 valence electrons. The molecule has 1 nitrogen and oxygen atoms in total. The Bertz CT molecular complexity index is 331. The van der Waals surface area contributed by atoms with Gasteiger partial charge >= 0.3 is 29.6 Å². The molecule has 1 N–H and O–H groups in total. The Morgan fingerprint density at radius 2 is 1.30 bits per heavy atom. The fourth-order valence-electron chi connectivity index (χ4n) is 2.53. The van der Waals surface area contributed by atoms with Crippen molar-refractivity contribution in [3.63, 3.8) is 0 Å². The first kappa shape index (κ1) is 20.0. The molecule has 0 unspecified atom stereocenters. The molecule has 0 aromatic heterocycles. The van der Waals surface area contributed by atoms with Crippen molar-refractivity contribution in [1.82, 2.24) is 0 Å². The molecule has 1 aromatic carbocycles. The number of rotatable bonds is 11. The number of hydrogen-bond donors (Lipinski definition) is 1. The van der Waals surface area contributed by atoms with Gasteiger partial charge in [0.25, 0.3) is 0 Å². The van der Waals surface area contributed by atoms with Crippen LogP contribution >= 0.6 is 0 Å². The second-order valence-electron chi connectivity index (χ2n) is 5.56. The Morgan fingerprint density at radius 3 is 1.85 bits per heavy atom. The van der Waals surface area contributed by atoms with Gasteiger partial charge in [0.15, 0.2) is 0 Å². The minimum Gasteiger partial charge on any atom is -1.00 e. The number of unbranched alkanes of at least 4 members (excludes halogenated alkanes) is 9. The van der Waals surface area contributed by atoms with E-state index >= 15 is 0 Å². The molecular formula is C18H31NaO. The summed E-state index contributed by atoms with van der Waals surface area (Å²) < 4.78 is 0. The normalized spacial score (nSPS) is 10.2. The number of phenols is 1. The molecule has 0 atom stereocenters. The van der Waals surface area contributed by atoms with E-state index in [4.69, 9.17) is 0 Å². The minimum atomic E-state index is 0. The summed E-state index contributed by atoms with van der Waals surface area (Å²) in [6.07, 6.45) is 14.6. The van der Waals surface area contributed by atoms with Crippen LogP contribution in [0.1, 0.15) is 78.1 Å². The number of hydrogen-bond acceptors (Lipinski definition) is 1. The van der Waals surface area contributed by atoms with Gasteiger partial charge in [-0.05, 0) is 24.5 Å². The van der Waals surface area contributed by atoms with Gasteiger partial charge in [-0.25, -0.2) is 0 Å². The quantitative estimate of drug-likeness (QED) is 0.490. The van der Waals surface area contributed by atoms with Crippen molar-refractivity contribution in [3.05, 3.63) is 29.8 Å². The van der Waals surface area contributed by atoms with Crippen molar-refractivity contribution in [2.45, 2.75) is 77.6 Å². The fourth-order valence-corrected chi connectivity index (χ4v) is 2.53. The van der Waals surface area contributed by atoms with E-state index in [0.717, 1.165) is 12.0 Å². The van der Waals surface area contributed by atoms with Crippen LogP contribution in [0.2, 0.25) is 0 Å². The molecule has 1 aromatic rings. The van der Waals surface area contributed by atoms with Crippen molar-refractivity contribution < 1.29 is 36.1 Å². The van der Waals surface area contributed by atoms with E-state index in [-0.39, 0.29) is 31.0 Å². The SMILES string of the molecule is CCCCCCCCCCCCc1ccccc1O.[H-].[Na+]. The van der Waals surface area contributed by atoms with Gasteiger partial charge < -0.3 is 6.53 Å². The third-order valence-electron chi connectivity index (χ3n) is 3.79. The molecule has 0 bridgehead atoms. The second kappa shape index (κ2) is 14.0. The maximum atomic E-state index is 9.65. The van der Waals surface area contributed by atoms with Crippen molar-refractivity contribution >= 4 is 0 Å². The van der Waals surface area contributed by atoms with E-state index in [1.807, 2.05) is 18.2 Å². The number of phenolic OH excluding ortho intramolecular Hbond substituents is 1. The average Bonchev–Trinajstić information content (AvgIpc) is 2.43. The molecule has 0 aliphatic heterocycles. The maximum Gasteiger partial charge on any atom is 1.00 e. The Labute approximate surface area is 149 Å². The van der Waals surface area contributed by atoms with Crippen molar-refractivity contribution in [2.24, 2.45) is 0 Å². The van der Waals surface area contributed by atoms with Gasteiger partial charge in [-0.1, -0.05) is 82.9 Å². The first-order chi connectivity index (χ1) is 9.34. The van der Waals surface area contributed by atoms with Crippen LogP contribution in [-0.2, 0) is 6.42 Å². The van der Waals surface area contributed by atoms with Gasteiger partial charge in [0.05, 0.1) is 0 Å². The smallest absolute Gasteiger partial charge is 1.00 e. The van der Waals surface area contributed by atoms with Crippen LogP contribution < -0.4 is 29.6 Å². The maximum absolute atomic E-state index is 9.65. The van der Waals surface area contributed by atoms with Gasteiger partial charge in [-0.3, -0.25) is 0 Å². The molecule has 20 heavy (non-hydrogen) atoms. The van der Waals surface area contributed by atoms with Gasteiger partial charge in [-0.15, -0.1) is 0 Å². The average molecular weight is 286 g/mol. The Morgan fingerprint density at radius 1 is 0.800 bits per heavy atom. The Hall–Kier alpha value is 0.0200. The third-order valence-corrected chi connectivity index (χ3v) is 3.79. The van der Waals surface area contributed by atoms with E-state index in [2.05, 4.69) is 6.92 Å². The number of aromatic hydroxyl groups is 1. The van der Waals surface area contributed by atoms with Crippen LogP contribution in [0.25, 0.3) is 0 Å². The predicted molar refractivity (Wildman–Crippen MR) is 84.8 cm³/mol. The summed E-state index contributed by atoms with van der Waals surface area (Å²) in [5.74, 6) is 0.457. The van der Waals surface area contributed by atoms with E-state index < -0.39 is 0 Å². The summed E-state index contributed by atoms with van der Waals surface area (Å²) in [7, 11) is 0. The Balaban J connectivity index is 0. The third kappa shape index (κ3) is 9.85. The van der Waals surface area contributed by atoms with Gasteiger partial charge in [0.2, 0.25) is 0 Å². The summed E-state index contributed by atoms with van der Waals surface area (Å²) in [4.78, 5) is 0. The van der Waals surface area contributed by atoms with Crippen LogP contribution in [-0.4, -0.2) is 5.11 Å². The minimum absolute atomic E-state index is 0. The first-order valence-corrected chi connectivity index (χ1v) is 8.11. The summed E-state index contributed by atoms with van der Waals surface area (Å²) in [6, 6.07) is 7.71. The summed E-state index contributed by atoms with van der Waals surface area (Å²) in [5, 5.41) is 9.65. The molecular weight excluding hydrogens is 255 g/mol. The zero-order valence-electron chi connectivity index (χ0n) is 14.5. The van der Waals surface area contributed by atoms with E-state index in [1.165, 1.54) is 64.2 Å². The number of para-hydroxylation sites is 1. The van der Waals surface area contributed by atoms with E-state index in [0.29, 0.717) is 5.75 Å². The predicted octanol–water partition coefficient (Wildman–Crippen LogP) is 2.97. The summed E-state index contributed by atoms with van der Waals surface area (Å²) >= 11 is 0. The molecule has 2 heteroatoms. The standard InChI is InChI=1S/C18H30O.Na.H/c1-2-3-4-5-6-7-8-9-10-11-14-17-15-12-13-16-18(17)19;;/h12-13,15-16,19H,2-11,14H2,1H3;;/q;+1;-1.